The van der Waals surface area contributed by atoms with E-state index in [1.165, 1.54) is 6.08 Å². The normalized spacial score (nSPS) is 10.8. The Morgan fingerprint density at radius 1 is 1.16 bits per heavy atom. The number of benzene rings is 2. The van der Waals surface area contributed by atoms with Crippen molar-refractivity contribution in [1.29, 1.82) is 0 Å². The summed E-state index contributed by atoms with van der Waals surface area (Å²) < 4.78 is 0.854. The second kappa shape index (κ2) is 5.85. The van der Waals surface area contributed by atoms with E-state index in [4.69, 9.17) is 0 Å². The lowest BCUT2D eigenvalue weighted by atomic mass is 10.1. The molecule has 0 amide bonds. The topological polar surface area (TPSA) is 37.3 Å². The Morgan fingerprint density at radius 3 is 2.53 bits per heavy atom. The fourth-order valence-corrected chi connectivity index (χ4v) is 2.02. The zero-order valence-electron chi connectivity index (χ0n) is 10.4. The number of allylic oxidation sites excluding steroid dienone is 1. The van der Waals surface area contributed by atoms with Crippen molar-refractivity contribution in [3.63, 3.8) is 0 Å². The van der Waals surface area contributed by atoms with Crippen molar-refractivity contribution in [2.45, 2.75) is 6.92 Å². The zero-order chi connectivity index (χ0) is 13.8. The molecule has 0 spiro atoms. The van der Waals surface area contributed by atoms with Crippen LogP contribution < -0.4 is 0 Å². The van der Waals surface area contributed by atoms with E-state index in [0.717, 1.165) is 10.0 Å². The maximum absolute atomic E-state index is 11.9. The first-order chi connectivity index (χ1) is 9.06. The van der Waals surface area contributed by atoms with E-state index in [2.05, 4.69) is 15.9 Å². The van der Waals surface area contributed by atoms with Gasteiger partial charge in [0.25, 0.3) is 0 Å². The number of halogens is 1. The Kier molecular flexibility index (Phi) is 4.17. The summed E-state index contributed by atoms with van der Waals surface area (Å²) in [6, 6.07) is 12.5. The lowest BCUT2D eigenvalue weighted by molar-refractivity contribution is 0.104. The van der Waals surface area contributed by atoms with Gasteiger partial charge in [0.15, 0.2) is 5.78 Å². The van der Waals surface area contributed by atoms with E-state index in [0.29, 0.717) is 11.1 Å². The first kappa shape index (κ1) is 13.6. The third-order valence-electron chi connectivity index (χ3n) is 2.74. The smallest absolute Gasteiger partial charge is 0.185 e. The molecule has 0 saturated heterocycles. The van der Waals surface area contributed by atoms with Crippen LogP contribution in [0.5, 0.6) is 5.75 Å². The third kappa shape index (κ3) is 3.55. The Morgan fingerprint density at radius 2 is 1.84 bits per heavy atom. The van der Waals surface area contributed by atoms with E-state index in [9.17, 15) is 9.90 Å². The largest absolute Gasteiger partial charge is 0.507 e. The van der Waals surface area contributed by atoms with Crippen LogP contribution in [-0.4, -0.2) is 10.9 Å². The van der Waals surface area contributed by atoms with Crippen molar-refractivity contribution in [3.8, 4) is 5.75 Å². The molecule has 96 valence electrons. The summed E-state index contributed by atoms with van der Waals surface area (Å²) in [5, 5.41) is 9.67. The van der Waals surface area contributed by atoms with Crippen LogP contribution in [0.4, 0.5) is 0 Å². The Labute approximate surface area is 120 Å². The average molecular weight is 317 g/mol. The van der Waals surface area contributed by atoms with Crippen LogP contribution in [0, 0.1) is 6.92 Å². The van der Waals surface area contributed by atoms with Gasteiger partial charge in [-0.05, 0) is 37.3 Å². The highest BCUT2D eigenvalue weighted by Gasteiger charge is 2.02. The van der Waals surface area contributed by atoms with Gasteiger partial charge in [-0.1, -0.05) is 45.8 Å². The second-order valence-corrected chi connectivity index (χ2v) is 5.18. The number of aromatic hydroxyl groups is 1. The molecule has 0 aromatic heterocycles. The van der Waals surface area contributed by atoms with Gasteiger partial charge in [-0.25, -0.2) is 0 Å². The van der Waals surface area contributed by atoms with Crippen LogP contribution in [0.25, 0.3) is 6.08 Å². The number of ketones is 1. The quantitative estimate of drug-likeness (QED) is 0.674. The van der Waals surface area contributed by atoms with Gasteiger partial charge in [-0.2, -0.15) is 0 Å². The molecule has 1 N–H and O–H groups in total. The molecule has 0 saturated carbocycles. The monoisotopic (exact) mass is 316 g/mol. The number of phenols is 1. The minimum atomic E-state index is -0.0839. The van der Waals surface area contributed by atoms with E-state index < -0.39 is 0 Å². The predicted octanol–water partition coefficient (Wildman–Crippen LogP) is 4.36. The second-order valence-electron chi connectivity index (χ2n) is 4.27. The van der Waals surface area contributed by atoms with Crippen molar-refractivity contribution in [2.75, 3.05) is 0 Å². The summed E-state index contributed by atoms with van der Waals surface area (Å²) in [6.07, 6.45) is 3.08. The highest BCUT2D eigenvalue weighted by molar-refractivity contribution is 9.10. The van der Waals surface area contributed by atoms with Gasteiger partial charge in [0.05, 0.1) is 0 Å². The molecule has 0 radical (unpaired) electrons. The highest BCUT2D eigenvalue weighted by Crippen LogP contribution is 2.23. The minimum absolute atomic E-state index is 0.0839. The number of rotatable bonds is 3. The molecule has 19 heavy (non-hydrogen) atoms. The van der Waals surface area contributed by atoms with Gasteiger partial charge in [0, 0.05) is 15.6 Å². The van der Waals surface area contributed by atoms with Crippen LogP contribution in [0.1, 0.15) is 21.5 Å². The minimum Gasteiger partial charge on any atom is -0.507 e. The number of hydrogen-bond donors (Lipinski definition) is 1. The maximum Gasteiger partial charge on any atom is 0.185 e. The summed E-state index contributed by atoms with van der Waals surface area (Å²) in [6.45, 7) is 1.98. The SMILES string of the molecule is Cc1ccc(C(=O)/C=C\c2cc(Br)ccc2O)cc1. The number of hydrogen-bond acceptors (Lipinski definition) is 2. The van der Waals surface area contributed by atoms with Gasteiger partial charge in [-0.15, -0.1) is 0 Å². The fraction of sp³-hybridized carbons (Fsp3) is 0.0625. The number of phenolic OH excluding ortho intramolecular Hbond substituents is 1. The van der Waals surface area contributed by atoms with E-state index in [-0.39, 0.29) is 11.5 Å². The van der Waals surface area contributed by atoms with Crippen LogP contribution >= 0.6 is 15.9 Å². The highest BCUT2D eigenvalue weighted by atomic mass is 79.9. The Balaban J connectivity index is 2.20. The van der Waals surface area contributed by atoms with E-state index >= 15 is 0 Å². The first-order valence-electron chi connectivity index (χ1n) is 5.84. The molecule has 3 heteroatoms. The van der Waals surface area contributed by atoms with Crippen LogP contribution in [0.15, 0.2) is 53.0 Å². The molecule has 2 nitrogen and oxygen atoms in total. The molecule has 0 atom stereocenters. The molecule has 2 aromatic carbocycles. The molecule has 0 unspecified atom stereocenters. The molecule has 0 aliphatic carbocycles. The fourth-order valence-electron chi connectivity index (χ4n) is 1.64. The Bertz CT molecular complexity index is 628. The lowest BCUT2D eigenvalue weighted by Gasteiger charge is -2.00. The van der Waals surface area contributed by atoms with E-state index in [1.807, 2.05) is 19.1 Å². The standard InChI is InChI=1S/C16H13BrO2/c1-11-2-4-12(5-3-11)15(18)8-6-13-10-14(17)7-9-16(13)19/h2-10,19H,1H3/b8-6-. The van der Waals surface area contributed by atoms with Crippen LogP contribution in [0.2, 0.25) is 0 Å². The molecule has 0 heterocycles. The predicted molar refractivity (Wildman–Crippen MR) is 80.4 cm³/mol. The number of carbonyl (C=O) groups is 1. The molecule has 0 aliphatic heterocycles. The van der Waals surface area contributed by atoms with Gasteiger partial charge >= 0.3 is 0 Å². The van der Waals surface area contributed by atoms with Gasteiger partial charge < -0.3 is 5.11 Å². The molecule has 2 aromatic rings. The molecular formula is C16H13BrO2. The third-order valence-corrected chi connectivity index (χ3v) is 3.23. The van der Waals surface area contributed by atoms with Gasteiger partial charge in [0.2, 0.25) is 0 Å². The van der Waals surface area contributed by atoms with Crippen molar-refractivity contribution in [2.24, 2.45) is 0 Å². The zero-order valence-corrected chi connectivity index (χ0v) is 12.0. The van der Waals surface area contributed by atoms with Crippen molar-refractivity contribution in [1.82, 2.24) is 0 Å². The first-order valence-corrected chi connectivity index (χ1v) is 6.63. The van der Waals surface area contributed by atoms with Crippen molar-refractivity contribution in [3.05, 3.63) is 69.7 Å². The summed E-state index contributed by atoms with van der Waals surface area (Å²) in [5.41, 5.74) is 2.36. The summed E-state index contributed by atoms with van der Waals surface area (Å²) in [5.74, 6) is 0.0653. The summed E-state index contributed by atoms with van der Waals surface area (Å²) in [4.78, 5) is 11.9. The lowest BCUT2D eigenvalue weighted by Crippen LogP contribution is -1.93. The molecular weight excluding hydrogens is 304 g/mol. The molecule has 0 aliphatic rings. The maximum atomic E-state index is 11.9. The average Bonchev–Trinajstić information content (AvgIpc) is 2.40. The van der Waals surface area contributed by atoms with Gasteiger partial charge in [0.1, 0.15) is 5.75 Å². The summed E-state index contributed by atoms with van der Waals surface area (Å²) >= 11 is 3.33. The van der Waals surface area contributed by atoms with Crippen molar-refractivity contribution < 1.29 is 9.90 Å². The van der Waals surface area contributed by atoms with Crippen LogP contribution in [-0.2, 0) is 0 Å². The van der Waals surface area contributed by atoms with E-state index in [1.54, 1.807) is 36.4 Å². The molecule has 0 bridgehead atoms. The Hall–Kier alpha value is -1.87. The number of aryl methyl sites for hydroxylation is 1. The van der Waals surface area contributed by atoms with Gasteiger partial charge in [-0.3, -0.25) is 4.79 Å². The van der Waals surface area contributed by atoms with Crippen molar-refractivity contribution >= 4 is 27.8 Å². The number of carbonyl (C=O) groups excluding carboxylic acids is 1. The molecule has 0 fully saturated rings. The molecule has 2 rings (SSSR count). The van der Waals surface area contributed by atoms with Crippen LogP contribution in [0.3, 0.4) is 0 Å². The summed E-state index contributed by atoms with van der Waals surface area (Å²) in [7, 11) is 0.